The lowest BCUT2D eigenvalue weighted by Crippen LogP contribution is -2.12. The Balaban J connectivity index is 1.67. The minimum Gasteiger partial charge on any atom is -0.494 e. The number of ether oxygens (including phenoxy) is 1. The molecule has 0 fully saturated rings. The molecule has 0 spiro atoms. The van der Waals surface area contributed by atoms with Gasteiger partial charge < -0.3 is 19.6 Å². The second-order valence-electron chi connectivity index (χ2n) is 5.83. The van der Waals surface area contributed by atoms with E-state index in [4.69, 9.17) is 14.3 Å². The molecule has 0 aliphatic rings. The van der Waals surface area contributed by atoms with Crippen LogP contribution in [0.2, 0.25) is 0 Å². The number of carbonyl (C=O) groups is 1. The van der Waals surface area contributed by atoms with Crippen molar-refractivity contribution in [2.24, 2.45) is 0 Å². The number of amides is 1. The first-order valence-electron chi connectivity index (χ1n) is 8.54. The number of aliphatic hydroxyl groups excluding tert-OH is 1. The molecule has 0 saturated carbocycles. The summed E-state index contributed by atoms with van der Waals surface area (Å²) in [7, 11) is 0. The number of nitrogens with one attached hydrogen (secondary N) is 1. The van der Waals surface area contributed by atoms with Crippen LogP contribution < -0.4 is 10.1 Å². The highest BCUT2D eigenvalue weighted by Gasteiger charge is 2.09. The van der Waals surface area contributed by atoms with Crippen LogP contribution in [-0.4, -0.2) is 17.6 Å². The molecule has 1 aromatic heterocycles. The maximum atomic E-state index is 12.4. The van der Waals surface area contributed by atoms with Crippen molar-refractivity contribution in [3.63, 3.8) is 0 Å². The van der Waals surface area contributed by atoms with Crippen LogP contribution in [0.1, 0.15) is 29.5 Å². The van der Waals surface area contributed by atoms with Crippen LogP contribution in [-0.2, 0) is 6.61 Å². The molecule has 5 heteroatoms. The van der Waals surface area contributed by atoms with Gasteiger partial charge in [-0.05, 0) is 61.0 Å². The molecule has 134 valence electrons. The highest BCUT2D eigenvalue weighted by atomic mass is 16.5. The summed E-state index contributed by atoms with van der Waals surface area (Å²) in [4.78, 5) is 12.4. The second kappa shape index (κ2) is 8.36. The Kier molecular flexibility index (Phi) is 5.71. The Labute approximate surface area is 152 Å². The van der Waals surface area contributed by atoms with E-state index in [0.717, 1.165) is 12.0 Å². The maximum Gasteiger partial charge on any atom is 0.255 e. The van der Waals surface area contributed by atoms with E-state index in [9.17, 15) is 4.79 Å². The minimum absolute atomic E-state index is 0.130. The third-order valence-corrected chi connectivity index (χ3v) is 3.81. The van der Waals surface area contributed by atoms with Crippen molar-refractivity contribution in [2.75, 3.05) is 11.9 Å². The number of hydrogen-bond acceptors (Lipinski definition) is 4. The zero-order chi connectivity index (χ0) is 18.4. The molecular weight excluding hydrogens is 330 g/mol. The van der Waals surface area contributed by atoms with E-state index in [2.05, 4.69) is 5.32 Å². The van der Waals surface area contributed by atoms with Gasteiger partial charge in [0.25, 0.3) is 5.91 Å². The van der Waals surface area contributed by atoms with Gasteiger partial charge in [-0.1, -0.05) is 13.0 Å². The second-order valence-corrected chi connectivity index (χ2v) is 5.83. The van der Waals surface area contributed by atoms with Crippen LogP contribution in [0.25, 0.3) is 11.3 Å². The molecule has 0 unspecified atom stereocenters. The van der Waals surface area contributed by atoms with Crippen LogP contribution in [0, 0.1) is 0 Å². The average molecular weight is 351 g/mol. The molecule has 0 saturated heterocycles. The van der Waals surface area contributed by atoms with Crippen LogP contribution in [0.5, 0.6) is 5.75 Å². The number of carbonyl (C=O) groups excluding carboxylic acids is 1. The predicted octanol–water partition coefficient (Wildman–Crippen LogP) is 4.48. The van der Waals surface area contributed by atoms with Gasteiger partial charge in [0.15, 0.2) is 0 Å². The molecule has 0 aliphatic carbocycles. The van der Waals surface area contributed by atoms with Gasteiger partial charge in [-0.25, -0.2) is 0 Å². The SMILES string of the molecule is CCCOc1cccc(C(=O)Nc2ccc(-c3ccc(CO)o3)cc2)c1. The topological polar surface area (TPSA) is 71.7 Å². The van der Waals surface area contributed by atoms with Gasteiger partial charge in [-0.15, -0.1) is 0 Å². The van der Waals surface area contributed by atoms with E-state index in [1.54, 1.807) is 30.3 Å². The summed E-state index contributed by atoms with van der Waals surface area (Å²) in [5.74, 6) is 1.68. The zero-order valence-corrected chi connectivity index (χ0v) is 14.6. The number of hydrogen-bond donors (Lipinski definition) is 2. The fourth-order valence-corrected chi connectivity index (χ4v) is 2.49. The van der Waals surface area contributed by atoms with Crippen LogP contribution in [0.15, 0.2) is 65.1 Å². The van der Waals surface area contributed by atoms with Crippen molar-refractivity contribution in [2.45, 2.75) is 20.0 Å². The van der Waals surface area contributed by atoms with Gasteiger partial charge in [0, 0.05) is 16.8 Å². The van der Waals surface area contributed by atoms with Crippen molar-refractivity contribution in [3.05, 3.63) is 72.0 Å². The van der Waals surface area contributed by atoms with Crippen LogP contribution in [0.4, 0.5) is 5.69 Å². The molecule has 0 atom stereocenters. The first-order valence-corrected chi connectivity index (χ1v) is 8.54. The minimum atomic E-state index is -0.194. The number of furan rings is 1. The maximum absolute atomic E-state index is 12.4. The molecular formula is C21H21NO4. The van der Waals surface area contributed by atoms with E-state index < -0.39 is 0 Å². The van der Waals surface area contributed by atoms with Gasteiger partial charge >= 0.3 is 0 Å². The summed E-state index contributed by atoms with van der Waals surface area (Å²) >= 11 is 0. The Morgan fingerprint density at radius 2 is 1.92 bits per heavy atom. The summed E-state index contributed by atoms with van der Waals surface area (Å²) < 4.78 is 11.1. The number of aliphatic hydroxyl groups is 1. The largest absolute Gasteiger partial charge is 0.494 e. The van der Waals surface area contributed by atoms with E-state index in [1.807, 2.05) is 37.3 Å². The molecule has 2 aromatic carbocycles. The third-order valence-electron chi connectivity index (χ3n) is 3.81. The van der Waals surface area contributed by atoms with Crippen molar-refractivity contribution in [1.82, 2.24) is 0 Å². The summed E-state index contributed by atoms with van der Waals surface area (Å²) in [5.41, 5.74) is 2.10. The molecule has 0 aliphatic heterocycles. The summed E-state index contributed by atoms with van der Waals surface area (Å²) in [6.07, 6.45) is 0.915. The molecule has 3 aromatic rings. The van der Waals surface area contributed by atoms with Crippen LogP contribution in [0.3, 0.4) is 0 Å². The fourth-order valence-electron chi connectivity index (χ4n) is 2.49. The number of anilines is 1. The lowest BCUT2D eigenvalue weighted by molar-refractivity contribution is 0.102. The van der Waals surface area contributed by atoms with Crippen LogP contribution >= 0.6 is 0 Å². The van der Waals surface area contributed by atoms with Crippen molar-refractivity contribution in [1.29, 1.82) is 0 Å². The number of rotatable bonds is 7. The third kappa shape index (κ3) is 4.32. The molecule has 0 bridgehead atoms. The Morgan fingerprint density at radius 3 is 2.62 bits per heavy atom. The van der Waals surface area contributed by atoms with Gasteiger partial charge in [0.05, 0.1) is 6.61 Å². The van der Waals surface area contributed by atoms with Crippen molar-refractivity contribution < 1.29 is 19.1 Å². The van der Waals surface area contributed by atoms with Gasteiger partial charge in [0.2, 0.25) is 0 Å². The molecule has 2 N–H and O–H groups in total. The van der Waals surface area contributed by atoms with E-state index in [0.29, 0.717) is 35.1 Å². The zero-order valence-electron chi connectivity index (χ0n) is 14.6. The molecule has 1 amide bonds. The quantitative estimate of drug-likeness (QED) is 0.658. The molecule has 0 radical (unpaired) electrons. The summed E-state index contributed by atoms with van der Waals surface area (Å²) in [6.45, 7) is 2.53. The van der Waals surface area contributed by atoms with Crippen molar-refractivity contribution in [3.8, 4) is 17.1 Å². The Hall–Kier alpha value is -3.05. The molecule has 5 nitrogen and oxygen atoms in total. The van der Waals surface area contributed by atoms with Gasteiger partial charge in [-0.3, -0.25) is 4.79 Å². The predicted molar refractivity (Wildman–Crippen MR) is 100 cm³/mol. The lowest BCUT2D eigenvalue weighted by Gasteiger charge is -2.08. The van der Waals surface area contributed by atoms with Gasteiger partial charge in [-0.2, -0.15) is 0 Å². The lowest BCUT2D eigenvalue weighted by atomic mass is 10.1. The highest BCUT2D eigenvalue weighted by Crippen LogP contribution is 2.24. The fraction of sp³-hybridized carbons (Fsp3) is 0.190. The summed E-state index contributed by atoms with van der Waals surface area (Å²) in [5, 5.41) is 11.9. The summed E-state index contributed by atoms with van der Waals surface area (Å²) in [6, 6.07) is 18.0. The van der Waals surface area contributed by atoms with E-state index in [-0.39, 0.29) is 12.5 Å². The molecule has 1 heterocycles. The standard InChI is InChI=1S/C21H21NO4/c1-2-12-25-18-5-3-4-16(13-18)21(24)22-17-8-6-15(7-9-17)20-11-10-19(14-23)26-20/h3-11,13,23H,2,12,14H2,1H3,(H,22,24). The van der Waals surface area contributed by atoms with E-state index in [1.165, 1.54) is 0 Å². The van der Waals surface area contributed by atoms with E-state index >= 15 is 0 Å². The Morgan fingerprint density at radius 1 is 1.12 bits per heavy atom. The molecule has 3 rings (SSSR count). The smallest absolute Gasteiger partial charge is 0.255 e. The Bertz CT molecular complexity index is 868. The monoisotopic (exact) mass is 351 g/mol. The molecule has 26 heavy (non-hydrogen) atoms. The highest BCUT2D eigenvalue weighted by molar-refractivity contribution is 6.04. The first kappa shape index (κ1) is 17.8. The van der Waals surface area contributed by atoms with Gasteiger partial charge in [0.1, 0.15) is 23.9 Å². The first-order chi connectivity index (χ1) is 12.7. The normalized spacial score (nSPS) is 10.5. The van der Waals surface area contributed by atoms with Crippen molar-refractivity contribution >= 4 is 11.6 Å². The average Bonchev–Trinajstić information content (AvgIpc) is 3.16. The number of benzene rings is 2.